The van der Waals surface area contributed by atoms with Gasteiger partial charge in [0, 0.05) is 17.5 Å². The smallest absolute Gasteiger partial charge is 0.354 e. The minimum Gasteiger partial charge on any atom is -0.477 e. The van der Waals surface area contributed by atoms with E-state index < -0.39 is 5.97 Å². The summed E-state index contributed by atoms with van der Waals surface area (Å²) < 4.78 is 0. The van der Waals surface area contributed by atoms with E-state index in [9.17, 15) is 4.79 Å². The third-order valence-corrected chi connectivity index (χ3v) is 3.67. The van der Waals surface area contributed by atoms with Gasteiger partial charge in [-0.25, -0.2) is 14.8 Å². The fourth-order valence-corrected chi connectivity index (χ4v) is 2.45. The van der Waals surface area contributed by atoms with Crippen molar-refractivity contribution in [2.45, 2.75) is 24.0 Å². The van der Waals surface area contributed by atoms with Crippen LogP contribution in [0.5, 0.6) is 0 Å². The van der Waals surface area contributed by atoms with Crippen molar-refractivity contribution < 1.29 is 9.90 Å². The standard InChI is InChI=1S/C15H17N3O2S/c1-2-8-16-13-9-12(15(19)20)17-14(18-13)10-21-11-6-4-3-5-7-11/h3-7,9H,2,8,10H2,1H3,(H,19,20)(H,16,17,18). The number of aromatic carboxylic acids is 1. The van der Waals surface area contributed by atoms with Gasteiger partial charge in [-0.05, 0) is 18.6 Å². The summed E-state index contributed by atoms with van der Waals surface area (Å²) in [6.45, 7) is 2.79. The van der Waals surface area contributed by atoms with Gasteiger partial charge in [0.2, 0.25) is 0 Å². The maximum absolute atomic E-state index is 11.1. The molecular formula is C15H17N3O2S. The van der Waals surface area contributed by atoms with Gasteiger partial charge < -0.3 is 10.4 Å². The molecule has 0 aliphatic rings. The molecule has 2 N–H and O–H groups in total. The Balaban J connectivity index is 2.13. The molecule has 2 aromatic rings. The Labute approximate surface area is 127 Å². The number of carbonyl (C=O) groups is 1. The van der Waals surface area contributed by atoms with Crippen LogP contribution in [0.15, 0.2) is 41.3 Å². The predicted molar refractivity (Wildman–Crippen MR) is 83.8 cm³/mol. The number of carboxylic acid groups (broad SMARTS) is 1. The monoisotopic (exact) mass is 303 g/mol. The average molecular weight is 303 g/mol. The molecule has 1 heterocycles. The molecule has 1 aromatic heterocycles. The molecule has 110 valence electrons. The molecule has 0 spiro atoms. The summed E-state index contributed by atoms with van der Waals surface area (Å²) >= 11 is 1.58. The van der Waals surface area contributed by atoms with Gasteiger partial charge in [0.15, 0.2) is 5.69 Å². The number of hydrogen-bond acceptors (Lipinski definition) is 5. The summed E-state index contributed by atoms with van der Waals surface area (Å²) in [6, 6.07) is 11.4. The van der Waals surface area contributed by atoms with Crippen LogP contribution < -0.4 is 5.32 Å². The molecule has 1 aromatic carbocycles. The van der Waals surface area contributed by atoms with Crippen molar-refractivity contribution in [1.82, 2.24) is 9.97 Å². The first kappa shape index (κ1) is 15.3. The maximum Gasteiger partial charge on any atom is 0.354 e. The minimum atomic E-state index is -1.04. The SMILES string of the molecule is CCCNc1cc(C(=O)O)nc(CSc2ccccc2)n1. The molecule has 0 atom stereocenters. The summed E-state index contributed by atoms with van der Waals surface area (Å²) in [5.74, 6) is 0.574. The lowest BCUT2D eigenvalue weighted by Crippen LogP contribution is -2.09. The Kier molecular flexibility index (Phi) is 5.57. The molecule has 0 amide bonds. The highest BCUT2D eigenvalue weighted by Gasteiger charge is 2.10. The van der Waals surface area contributed by atoms with Crippen molar-refractivity contribution in [3.05, 3.63) is 47.9 Å². The molecule has 6 heteroatoms. The lowest BCUT2D eigenvalue weighted by atomic mass is 10.3. The molecule has 0 radical (unpaired) electrons. The van der Waals surface area contributed by atoms with Crippen LogP contribution in [0, 0.1) is 0 Å². The van der Waals surface area contributed by atoms with Crippen LogP contribution in [-0.4, -0.2) is 27.6 Å². The number of anilines is 1. The molecular weight excluding hydrogens is 286 g/mol. The van der Waals surface area contributed by atoms with E-state index in [2.05, 4.69) is 15.3 Å². The van der Waals surface area contributed by atoms with Gasteiger partial charge in [-0.1, -0.05) is 25.1 Å². The topological polar surface area (TPSA) is 75.1 Å². The first-order chi connectivity index (χ1) is 10.2. The molecule has 0 saturated heterocycles. The quantitative estimate of drug-likeness (QED) is 0.764. The van der Waals surface area contributed by atoms with Gasteiger partial charge in [0.05, 0.1) is 5.75 Å². The van der Waals surface area contributed by atoms with Crippen LogP contribution >= 0.6 is 11.8 Å². The Bertz CT molecular complexity index is 605. The predicted octanol–water partition coefficient (Wildman–Crippen LogP) is 3.29. The van der Waals surface area contributed by atoms with Gasteiger partial charge in [-0.15, -0.1) is 11.8 Å². The normalized spacial score (nSPS) is 10.3. The van der Waals surface area contributed by atoms with Gasteiger partial charge in [-0.2, -0.15) is 0 Å². The molecule has 0 fully saturated rings. The second kappa shape index (κ2) is 7.64. The van der Waals surface area contributed by atoms with E-state index in [4.69, 9.17) is 5.11 Å². The minimum absolute atomic E-state index is 0.0206. The first-order valence-corrected chi connectivity index (χ1v) is 7.70. The first-order valence-electron chi connectivity index (χ1n) is 6.72. The summed E-state index contributed by atoms with van der Waals surface area (Å²) in [4.78, 5) is 20.7. The van der Waals surface area contributed by atoms with Crippen LogP contribution in [-0.2, 0) is 5.75 Å². The lowest BCUT2D eigenvalue weighted by molar-refractivity contribution is 0.0690. The van der Waals surface area contributed by atoms with E-state index in [0.29, 0.717) is 17.4 Å². The summed E-state index contributed by atoms with van der Waals surface area (Å²) in [7, 11) is 0. The van der Waals surface area contributed by atoms with E-state index in [0.717, 1.165) is 17.9 Å². The lowest BCUT2D eigenvalue weighted by Gasteiger charge is -2.07. The van der Waals surface area contributed by atoms with Crippen LogP contribution in [0.2, 0.25) is 0 Å². The van der Waals surface area contributed by atoms with E-state index in [1.54, 1.807) is 11.8 Å². The molecule has 0 bridgehead atoms. The number of nitrogens with zero attached hydrogens (tertiary/aromatic N) is 2. The zero-order chi connectivity index (χ0) is 15.1. The average Bonchev–Trinajstić information content (AvgIpc) is 2.51. The zero-order valence-electron chi connectivity index (χ0n) is 11.7. The highest BCUT2D eigenvalue weighted by Crippen LogP contribution is 2.21. The third kappa shape index (κ3) is 4.75. The largest absolute Gasteiger partial charge is 0.477 e. The van der Waals surface area contributed by atoms with E-state index in [-0.39, 0.29) is 5.69 Å². The number of aromatic nitrogens is 2. The molecule has 5 nitrogen and oxygen atoms in total. The maximum atomic E-state index is 11.1. The molecule has 2 rings (SSSR count). The van der Waals surface area contributed by atoms with E-state index in [1.807, 2.05) is 37.3 Å². The van der Waals surface area contributed by atoms with Crippen molar-refractivity contribution in [3.63, 3.8) is 0 Å². The second-order valence-corrected chi connectivity index (χ2v) is 5.44. The highest BCUT2D eigenvalue weighted by molar-refractivity contribution is 7.98. The van der Waals surface area contributed by atoms with Crippen LogP contribution in [0.1, 0.15) is 29.7 Å². The van der Waals surface area contributed by atoms with Crippen molar-refractivity contribution in [3.8, 4) is 0 Å². The molecule has 0 unspecified atom stereocenters. The van der Waals surface area contributed by atoms with Crippen molar-refractivity contribution in [2.24, 2.45) is 0 Å². The van der Waals surface area contributed by atoms with E-state index >= 15 is 0 Å². The Morgan fingerprint density at radius 1 is 1.29 bits per heavy atom. The summed E-state index contributed by atoms with van der Waals surface area (Å²) in [5.41, 5.74) is 0.0206. The Morgan fingerprint density at radius 3 is 2.71 bits per heavy atom. The number of carboxylic acids is 1. The molecule has 0 saturated carbocycles. The van der Waals surface area contributed by atoms with E-state index in [1.165, 1.54) is 6.07 Å². The number of rotatable bonds is 7. The van der Waals surface area contributed by atoms with Crippen LogP contribution in [0.25, 0.3) is 0 Å². The van der Waals surface area contributed by atoms with Crippen molar-refractivity contribution >= 4 is 23.5 Å². The Hall–Kier alpha value is -2.08. The Morgan fingerprint density at radius 2 is 2.05 bits per heavy atom. The molecule has 21 heavy (non-hydrogen) atoms. The number of nitrogens with one attached hydrogen (secondary N) is 1. The summed E-state index contributed by atoms with van der Waals surface area (Å²) in [5, 5.41) is 12.2. The fourth-order valence-electron chi connectivity index (χ4n) is 1.68. The molecule has 0 aliphatic heterocycles. The van der Waals surface area contributed by atoms with Crippen LogP contribution in [0.4, 0.5) is 5.82 Å². The van der Waals surface area contributed by atoms with Crippen molar-refractivity contribution in [1.29, 1.82) is 0 Å². The number of benzene rings is 1. The zero-order valence-corrected chi connectivity index (χ0v) is 12.6. The number of thioether (sulfide) groups is 1. The van der Waals surface area contributed by atoms with Crippen molar-refractivity contribution in [2.75, 3.05) is 11.9 Å². The third-order valence-electron chi connectivity index (χ3n) is 2.66. The van der Waals surface area contributed by atoms with Gasteiger partial charge in [0.25, 0.3) is 0 Å². The highest BCUT2D eigenvalue weighted by atomic mass is 32.2. The van der Waals surface area contributed by atoms with Gasteiger partial charge >= 0.3 is 5.97 Å². The van der Waals surface area contributed by atoms with Gasteiger partial charge in [0.1, 0.15) is 11.6 Å². The molecule has 0 aliphatic carbocycles. The fraction of sp³-hybridized carbons (Fsp3) is 0.267. The summed E-state index contributed by atoms with van der Waals surface area (Å²) in [6.07, 6.45) is 0.945. The second-order valence-electron chi connectivity index (χ2n) is 4.39. The van der Waals surface area contributed by atoms with Crippen LogP contribution in [0.3, 0.4) is 0 Å². The number of hydrogen-bond donors (Lipinski definition) is 2. The van der Waals surface area contributed by atoms with Gasteiger partial charge in [-0.3, -0.25) is 0 Å².